The second-order valence-electron chi connectivity index (χ2n) is 5.43. The molecule has 110 valence electrons. The summed E-state index contributed by atoms with van der Waals surface area (Å²) in [5.74, 6) is -0.108. The molecule has 0 aliphatic rings. The van der Waals surface area contributed by atoms with Crippen molar-refractivity contribution in [3.05, 3.63) is 35.9 Å². The molecule has 0 spiro atoms. The Labute approximate surface area is 120 Å². The molecule has 0 heterocycles. The van der Waals surface area contributed by atoms with E-state index in [1.165, 1.54) is 6.92 Å². The Morgan fingerprint density at radius 3 is 2.40 bits per heavy atom. The highest BCUT2D eigenvalue weighted by Gasteiger charge is 2.36. The topological polar surface area (TPSA) is 58.9 Å². The monoisotopic (exact) mass is 277 g/mol. The van der Waals surface area contributed by atoms with Gasteiger partial charge in [-0.3, -0.25) is 4.79 Å². The predicted octanol–water partition coefficient (Wildman–Crippen LogP) is 3.38. The van der Waals surface area contributed by atoms with Gasteiger partial charge in [0.15, 0.2) is 0 Å². The Morgan fingerprint density at radius 1 is 1.35 bits per heavy atom. The van der Waals surface area contributed by atoms with E-state index in [2.05, 4.69) is 19.0 Å². The number of carbonyl (C=O) groups excluding carboxylic acids is 1. The van der Waals surface area contributed by atoms with Gasteiger partial charge >= 0.3 is 5.97 Å². The van der Waals surface area contributed by atoms with Gasteiger partial charge in [-0.05, 0) is 24.8 Å². The van der Waals surface area contributed by atoms with Crippen LogP contribution in [0.1, 0.15) is 39.7 Å². The van der Waals surface area contributed by atoms with Gasteiger partial charge in [0, 0.05) is 12.3 Å². The molecule has 1 N–H and O–H groups in total. The normalized spacial score (nSPS) is 16.1. The first kappa shape index (κ1) is 16.2. The van der Waals surface area contributed by atoms with Gasteiger partial charge in [0.25, 0.3) is 0 Å². The summed E-state index contributed by atoms with van der Waals surface area (Å²) < 4.78 is 5.24. The molecule has 0 radical (unpaired) electrons. The molecule has 0 bridgehead atoms. The fraction of sp³-hybridized carbons (Fsp3) is 0.500. The van der Waals surface area contributed by atoms with Crippen molar-refractivity contribution in [2.75, 3.05) is 0 Å². The van der Waals surface area contributed by atoms with E-state index in [9.17, 15) is 4.79 Å². The molecule has 1 rings (SSSR count). The van der Waals surface area contributed by atoms with Crippen LogP contribution in [0.3, 0.4) is 0 Å². The van der Waals surface area contributed by atoms with Crippen molar-refractivity contribution in [2.24, 2.45) is 11.1 Å². The highest BCUT2D eigenvalue weighted by atomic mass is 16.5. The van der Waals surface area contributed by atoms with E-state index in [1.807, 2.05) is 37.3 Å². The van der Waals surface area contributed by atoms with Gasteiger partial charge in [-0.25, -0.2) is 0 Å². The molecule has 0 saturated carbocycles. The van der Waals surface area contributed by atoms with Crippen LogP contribution in [0.2, 0.25) is 0 Å². The fourth-order valence-corrected chi connectivity index (χ4v) is 2.62. The molecule has 4 heteroatoms. The number of hydrogen-bond acceptors (Lipinski definition) is 4. The van der Waals surface area contributed by atoms with Crippen molar-refractivity contribution in [3.8, 4) is 0 Å². The molecule has 0 saturated heterocycles. The molecule has 20 heavy (non-hydrogen) atoms. The Kier molecular flexibility index (Phi) is 5.74. The van der Waals surface area contributed by atoms with Gasteiger partial charge in [-0.1, -0.05) is 44.2 Å². The molecule has 0 aromatic heterocycles. The number of rotatable bonds is 6. The maximum absolute atomic E-state index is 11.1. The summed E-state index contributed by atoms with van der Waals surface area (Å²) in [4.78, 5) is 11.1. The van der Waals surface area contributed by atoms with Crippen molar-refractivity contribution in [1.29, 1.82) is 0 Å². The van der Waals surface area contributed by atoms with Crippen molar-refractivity contribution in [3.63, 3.8) is 0 Å². The first-order chi connectivity index (χ1) is 9.42. The molecule has 0 fully saturated rings. The van der Waals surface area contributed by atoms with Crippen molar-refractivity contribution >= 4 is 12.2 Å². The fourth-order valence-electron chi connectivity index (χ4n) is 2.62. The third kappa shape index (κ3) is 3.83. The van der Waals surface area contributed by atoms with Crippen LogP contribution in [0, 0.1) is 5.92 Å². The quantitative estimate of drug-likeness (QED) is 0.375. The summed E-state index contributed by atoms with van der Waals surface area (Å²) in [5.41, 5.74) is 0.581. The minimum absolute atomic E-state index is 0.193. The lowest BCUT2D eigenvalue weighted by Gasteiger charge is -2.36. The standard InChI is InChI=1S/C16H23NO3/c1-12(2)16(11-17-19,10-13(3)20-14(4)18)15-8-6-5-7-9-15/h5-9,11-13,19H,10H2,1-4H3/b17-11+/t13-,16+/m0/s1. The number of benzene rings is 1. The largest absolute Gasteiger partial charge is 0.463 e. The van der Waals surface area contributed by atoms with Crippen LogP contribution in [-0.4, -0.2) is 23.5 Å². The molecular formula is C16H23NO3. The molecular weight excluding hydrogens is 254 g/mol. The molecule has 0 unspecified atom stereocenters. The lowest BCUT2D eigenvalue weighted by atomic mass is 9.69. The van der Waals surface area contributed by atoms with Crippen LogP contribution in [-0.2, 0) is 14.9 Å². The molecule has 0 aliphatic heterocycles. The van der Waals surface area contributed by atoms with Crippen LogP contribution in [0.5, 0.6) is 0 Å². The lowest BCUT2D eigenvalue weighted by Crippen LogP contribution is -2.38. The minimum Gasteiger partial charge on any atom is -0.463 e. The van der Waals surface area contributed by atoms with Crippen LogP contribution in [0.15, 0.2) is 35.5 Å². The Bertz CT molecular complexity index is 456. The number of carbonyl (C=O) groups is 1. The van der Waals surface area contributed by atoms with E-state index in [4.69, 9.17) is 9.94 Å². The second kappa shape index (κ2) is 7.08. The number of hydrogen-bond donors (Lipinski definition) is 1. The van der Waals surface area contributed by atoms with Crippen LogP contribution >= 0.6 is 0 Å². The Morgan fingerprint density at radius 2 is 1.95 bits per heavy atom. The van der Waals surface area contributed by atoms with E-state index >= 15 is 0 Å². The smallest absolute Gasteiger partial charge is 0.302 e. The average Bonchev–Trinajstić information content (AvgIpc) is 2.38. The number of esters is 1. The summed E-state index contributed by atoms with van der Waals surface area (Å²) in [6, 6.07) is 9.85. The van der Waals surface area contributed by atoms with Gasteiger partial charge < -0.3 is 9.94 Å². The maximum atomic E-state index is 11.1. The summed E-state index contributed by atoms with van der Waals surface area (Å²) in [7, 11) is 0. The van der Waals surface area contributed by atoms with Gasteiger partial charge in [0.1, 0.15) is 6.10 Å². The maximum Gasteiger partial charge on any atom is 0.302 e. The van der Waals surface area contributed by atoms with Gasteiger partial charge in [-0.2, -0.15) is 0 Å². The van der Waals surface area contributed by atoms with E-state index in [0.29, 0.717) is 6.42 Å². The molecule has 0 amide bonds. The minimum atomic E-state index is -0.467. The third-order valence-corrected chi connectivity index (χ3v) is 3.62. The highest BCUT2D eigenvalue weighted by Crippen LogP contribution is 2.36. The van der Waals surface area contributed by atoms with Crippen LogP contribution in [0.25, 0.3) is 0 Å². The number of ether oxygens (including phenoxy) is 1. The Hall–Kier alpha value is -1.84. The van der Waals surface area contributed by atoms with Crippen molar-refractivity contribution < 1.29 is 14.7 Å². The zero-order chi connectivity index (χ0) is 15.2. The summed E-state index contributed by atoms with van der Waals surface area (Å²) in [6.07, 6.45) is 1.86. The van der Waals surface area contributed by atoms with E-state index in [0.717, 1.165) is 5.56 Å². The number of nitrogens with zero attached hydrogens (tertiary/aromatic N) is 1. The molecule has 1 aromatic carbocycles. The Balaban J connectivity index is 3.16. The van der Waals surface area contributed by atoms with E-state index in [-0.39, 0.29) is 18.0 Å². The van der Waals surface area contributed by atoms with Gasteiger partial charge in [-0.15, -0.1) is 5.16 Å². The first-order valence-corrected chi connectivity index (χ1v) is 6.83. The SMILES string of the molecule is CC(=O)O[C@@H](C)C[C@](/C=N/O)(c1ccccc1)C(C)C. The predicted molar refractivity (Wildman–Crippen MR) is 79.1 cm³/mol. The van der Waals surface area contributed by atoms with E-state index in [1.54, 1.807) is 6.21 Å². The zero-order valence-electron chi connectivity index (χ0n) is 12.5. The van der Waals surface area contributed by atoms with Crippen molar-refractivity contribution in [1.82, 2.24) is 0 Å². The lowest BCUT2D eigenvalue weighted by molar-refractivity contribution is -0.146. The van der Waals surface area contributed by atoms with Crippen LogP contribution < -0.4 is 0 Å². The van der Waals surface area contributed by atoms with Gasteiger partial charge in [0.2, 0.25) is 0 Å². The molecule has 0 aliphatic carbocycles. The summed E-state index contributed by atoms with van der Waals surface area (Å²) >= 11 is 0. The molecule has 4 nitrogen and oxygen atoms in total. The average molecular weight is 277 g/mol. The van der Waals surface area contributed by atoms with Gasteiger partial charge in [0.05, 0.1) is 6.21 Å². The zero-order valence-corrected chi connectivity index (χ0v) is 12.5. The molecule has 1 aromatic rings. The molecule has 2 atom stereocenters. The summed E-state index contributed by atoms with van der Waals surface area (Å²) in [6.45, 7) is 7.38. The number of oxime groups is 1. The van der Waals surface area contributed by atoms with Crippen LogP contribution in [0.4, 0.5) is 0 Å². The third-order valence-electron chi connectivity index (χ3n) is 3.62. The van der Waals surface area contributed by atoms with Crippen molar-refractivity contribution in [2.45, 2.75) is 45.6 Å². The highest BCUT2D eigenvalue weighted by molar-refractivity contribution is 5.74. The second-order valence-corrected chi connectivity index (χ2v) is 5.43. The first-order valence-electron chi connectivity index (χ1n) is 6.83. The summed E-state index contributed by atoms with van der Waals surface area (Å²) in [5, 5.41) is 12.3. The van der Waals surface area contributed by atoms with E-state index < -0.39 is 5.41 Å².